The first-order valence-electron chi connectivity index (χ1n) is 8.23. The van der Waals surface area contributed by atoms with E-state index in [9.17, 15) is 8.78 Å². The van der Waals surface area contributed by atoms with Crippen LogP contribution in [0.2, 0.25) is 0 Å². The van der Waals surface area contributed by atoms with Crippen LogP contribution in [0.25, 0.3) is 0 Å². The lowest BCUT2D eigenvalue weighted by atomic mass is 9.65. The summed E-state index contributed by atoms with van der Waals surface area (Å²) in [5.74, 6) is 0.858. The highest BCUT2D eigenvalue weighted by atomic mass is 19.1. The Morgan fingerprint density at radius 2 is 1.62 bits per heavy atom. The van der Waals surface area contributed by atoms with Crippen LogP contribution in [0.1, 0.15) is 56.9 Å². The second-order valence-corrected chi connectivity index (χ2v) is 6.62. The van der Waals surface area contributed by atoms with Crippen molar-refractivity contribution in [2.45, 2.75) is 57.5 Å². The molecule has 2 fully saturated rings. The third-order valence-electron chi connectivity index (χ3n) is 5.32. The average molecular weight is 294 g/mol. The van der Waals surface area contributed by atoms with E-state index in [0.29, 0.717) is 17.9 Å². The van der Waals surface area contributed by atoms with Crippen molar-refractivity contribution in [1.82, 2.24) is 0 Å². The fourth-order valence-corrected chi connectivity index (χ4v) is 4.35. The summed E-state index contributed by atoms with van der Waals surface area (Å²) in [6.07, 6.45) is 7.22. The molecular formula is C18H24F2O. The zero-order valence-corrected chi connectivity index (χ0v) is 12.7. The molecular weight excluding hydrogens is 270 g/mol. The maximum Gasteiger partial charge on any atom is 0.126 e. The van der Waals surface area contributed by atoms with Crippen molar-refractivity contribution >= 4 is 0 Å². The summed E-state index contributed by atoms with van der Waals surface area (Å²) in [5, 5.41) is 0. The normalized spacial score (nSPS) is 32.7. The highest BCUT2D eigenvalue weighted by molar-refractivity contribution is 5.22. The number of benzene rings is 1. The molecule has 0 amide bonds. The summed E-state index contributed by atoms with van der Waals surface area (Å²) >= 11 is 0. The van der Waals surface area contributed by atoms with Gasteiger partial charge in [-0.2, -0.15) is 0 Å². The van der Waals surface area contributed by atoms with E-state index < -0.39 is 11.6 Å². The molecule has 0 bridgehead atoms. The van der Waals surface area contributed by atoms with Crippen molar-refractivity contribution in [2.24, 2.45) is 11.8 Å². The minimum Gasteiger partial charge on any atom is -0.378 e. The third kappa shape index (κ3) is 3.45. The lowest BCUT2D eigenvalue weighted by molar-refractivity contribution is -0.00957. The van der Waals surface area contributed by atoms with Crippen molar-refractivity contribution in [3.05, 3.63) is 35.4 Å². The quantitative estimate of drug-likeness (QED) is 0.757. The molecule has 2 unspecified atom stereocenters. The van der Waals surface area contributed by atoms with Crippen molar-refractivity contribution in [1.29, 1.82) is 0 Å². The highest BCUT2D eigenvalue weighted by Gasteiger charge is 2.36. The zero-order valence-electron chi connectivity index (χ0n) is 12.7. The largest absolute Gasteiger partial charge is 0.378 e. The van der Waals surface area contributed by atoms with E-state index in [1.807, 2.05) is 0 Å². The van der Waals surface area contributed by atoms with Gasteiger partial charge in [0.2, 0.25) is 0 Å². The summed E-state index contributed by atoms with van der Waals surface area (Å²) in [7, 11) is 0. The van der Waals surface area contributed by atoms with Crippen molar-refractivity contribution in [3.63, 3.8) is 0 Å². The van der Waals surface area contributed by atoms with E-state index in [4.69, 9.17) is 4.74 Å². The number of ether oxygens (including phenoxy) is 1. The van der Waals surface area contributed by atoms with Crippen LogP contribution in [0.5, 0.6) is 0 Å². The van der Waals surface area contributed by atoms with Gasteiger partial charge in [0, 0.05) is 12.7 Å². The topological polar surface area (TPSA) is 9.23 Å². The molecule has 2 aliphatic carbocycles. The average Bonchev–Trinajstić information content (AvgIpc) is 2.46. The molecule has 2 aliphatic rings. The molecule has 0 heterocycles. The fraction of sp³-hybridized carbons (Fsp3) is 0.667. The Hall–Kier alpha value is -0.960. The predicted molar refractivity (Wildman–Crippen MR) is 79.2 cm³/mol. The second-order valence-electron chi connectivity index (χ2n) is 6.62. The number of fused-ring (bicyclic) bond motifs is 1. The van der Waals surface area contributed by atoms with Gasteiger partial charge >= 0.3 is 0 Å². The molecule has 4 atom stereocenters. The molecule has 1 nitrogen and oxygen atoms in total. The number of rotatable bonds is 3. The number of halogens is 2. The monoisotopic (exact) mass is 294 g/mol. The van der Waals surface area contributed by atoms with Crippen molar-refractivity contribution in [3.8, 4) is 0 Å². The first kappa shape index (κ1) is 15.0. The van der Waals surface area contributed by atoms with Crippen LogP contribution in [-0.2, 0) is 4.74 Å². The molecule has 3 heteroatoms. The zero-order chi connectivity index (χ0) is 14.8. The minimum atomic E-state index is -0.452. The summed E-state index contributed by atoms with van der Waals surface area (Å²) in [5.41, 5.74) is 0.845. The van der Waals surface area contributed by atoms with Gasteiger partial charge in [0.25, 0.3) is 0 Å². The van der Waals surface area contributed by atoms with E-state index in [1.54, 1.807) is 0 Å². The van der Waals surface area contributed by atoms with Gasteiger partial charge in [-0.15, -0.1) is 0 Å². The molecule has 3 rings (SSSR count). The molecule has 0 saturated heterocycles. The Morgan fingerprint density at radius 1 is 0.952 bits per heavy atom. The Labute approximate surface area is 125 Å². The summed E-state index contributed by atoms with van der Waals surface area (Å²) in [6.45, 7) is 2.86. The molecule has 0 spiro atoms. The molecule has 1 aromatic carbocycles. The van der Waals surface area contributed by atoms with Crippen LogP contribution in [0.15, 0.2) is 18.2 Å². The fourth-order valence-electron chi connectivity index (χ4n) is 4.35. The molecule has 1 aromatic rings. The van der Waals surface area contributed by atoms with E-state index in [1.165, 1.54) is 25.0 Å². The van der Waals surface area contributed by atoms with Gasteiger partial charge in [-0.25, -0.2) is 8.78 Å². The Kier molecular flexibility index (Phi) is 4.58. The number of hydrogen-bond donors (Lipinski definition) is 0. The Bertz CT molecular complexity index is 468. The van der Waals surface area contributed by atoms with Crippen LogP contribution in [0, 0.1) is 23.5 Å². The molecule has 2 saturated carbocycles. The second kappa shape index (κ2) is 6.43. The molecule has 116 valence electrons. The van der Waals surface area contributed by atoms with E-state index in [-0.39, 0.29) is 0 Å². The van der Waals surface area contributed by atoms with Crippen molar-refractivity contribution < 1.29 is 13.5 Å². The van der Waals surface area contributed by atoms with Gasteiger partial charge in [0.15, 0.2) is 0 Å². The van der Waals surface area contributed by atoms with Gasteiger partial charge in [0.05, 0.1) is 6.10 Å². The van der Waals surface area contributed by atoms with Crippen LogP contribution in [0.4, 0.5) is 8.78 Å². The lowest BCUT2D eigenvalue weighted by Gasteiger charge is -2.42. The third-order valence-corrected chi connectivity index (χ3v) is 5.32. The number of hydrogen-bond acceptors (Lipinski definition) is 1. The van der Waals surface area contributed by atoms with Gasteiger partial charge in [0.1, 0.15) is 11.6 Å². The molecule has 0 N–H and O–H groups in total. The van der Waals surface area contributed by atoms with Crippen LogP contribution < -0.4 is 0 Å². The lowest BCUT2D eigenvalue weighted by Crippen LogP contribution is -2.33. The standard InChI is InChI=1S/C18H24F2O/c1-2-21-18-6-5-12-7-13(3-4-14(12)10-18)15-8-16(19)11-17(20)9-15/h8-9,11-14,18H,2-7,10H2,1H3/t12?,13-,14-,18?/m1/s1. The summed E-state index contributed by atoms with van der Waals surface area (Å²) in [6, 6.07) is 3.99. The van der Waals surface area contributed by atoms with Crippen molar-refractivity contribution in [2.75, 3.05) is 6.61 Å². The molecule has 0 aliphatic heterocycles. The maximum absolute atomic E-state index is 13.4. The highest BCUT2D eigenvalue weighted by Crippen LogP contribution is 2.46. The van der Waals surface area contributed by atoms with Crippen LogP contribution >= 0.6 is 0 Å². The summed E-state index contributed by atoms with van der Waals surface area (Å²) < 4.78 is 32.6. The predicted octanol–water partition coefficient (Wildman–Crippen LogP) is 5.05. The molecule has 0 aromatic heterocycles. The van der Waals surface area contributed by atoms with E-state index in [0.717, 1.165) is 49.8 Å². The van der Waals surface area contributed by atoms with E-state index >= 15 is 0 Å². The van der Waals surface area contributed by atoms with Crippen LogP contribution in [-0.4, -0.2) is 12.7 Å². The van der Waals surface area contributed by atoms with E-state index in [2.05, 4.69) is 6.92 Å². The van der Waals surface area contributed by atoms with Gasteiger partial charge in [-0.3, -0.25) is 0 Å². The SMILES string of the molecule is CCOC1CCC2C[C@H](c3cc(F)cc(F)c3)CC[C@@H]2C1. The Balaban J connectivity index is 1.65. The Morgan fingerprint density at radius 3 is 2.33 bits per heavy atom. The van der Waals surface area contributed by atoms with Crippen LogP contribution in [0.3, 0.4) is 0 Å². The first-order valence-corrected chi connectivity index (χ1v) is 8.23. The molecule has 21 heavy (non-hydrogen) atoms. The first-order chi connectivity index (χ1) is 10.2. The smallest absolute Gasteiger partial charge is 0.126 e. The van der Waals surface area contributed by atoms with Gasteiger partial charge < -0.3 is 4.74 Å². The summed E-state index contributed by atoms with van der Waals surface area (Å²) in [4.78, 5) is 0. The maximum atomic E-state index is 13.4. The van der Waals surface area contributed by atoms with Gasteiger partial charge in [-0.1, -0.05) is 0 Å². The minimum absolute atomic E-state index is 0.320. The molecule has 0 radical (unpaired) electrons. The van der Waals surface area contributed by atoms with Gasteiger partial charge in [-0.05, 0) is 80.9 Å².